The molecule has 1 saturated heterocycles. The molecule has 1 atom stereocenters. The molecular weight excluding hydrogens is 535 g/mol. The Labute approximate surface area is 204 Å². The lowest BCUT2D eigenvalue weighted by atomic mass is 10.2. The molecule has 0 saturated carbocycles. The molecular formula is C20H28ClIN6O3. The third-order valence-electron chi connectivity index (χ3n) is 4.39. The summed E-state index contributed by atoms with van der Waals surface area (Å²) >= 11 is 5.91. The molecule has 3 rings (SSSR count). The van der Waals surface area contributed by atoms with Gasteiger partial charge in [-0.2, -0.15) is 4.98 Å². The Morgan fingerprint density at radius 2 is 2.06 bits per heavy atom. The van der Waals surface area contributed by atoms with Crippen LogP contribution in [0.25, 0.3) is 11.4 Å². The first-order chi connectivity index (χ1) is 14.2. The lowest BCUT2D eigenvalue weighted by Crippen LogP contribution is -2.44. The van der Waals surface area contributed by atoms with Gasteiger partial charge in [-0.3, -0.25) is 4.99 Å². The number of aromatic nitrogens is 2. The number of likely N-dealkylation sites (tertiary alicyclic amines) is 1. The van der Waals surface area contributed by atoms with Crippen LogP contribution >= 0.6 is 35.6 Å². The Morgan fingerprint density at radius 1 is 1.35 bits per heavy atom. The molecule has 9 nitrogen and oxygen atoms in total. The number of carbonyl (C=O) groups excluding carboxylic acids is 1. The fourth-order valence-corrected chi connectivity index (χ4v) is 3.20. The van der Waals surface area contributed by atoms with Gasteiger partial charge in [0.05, 0.1) is 12.6 Å². The Morgan fingerprint density at radius 3 is 2.71 bits per heavy atom. The van der Waals surface area contributed by atoms with E-state index in [2.05, 4.69) is 30.7 Å². The highest BCUT2D eigenvalue weighted by atomic mass is 127. The van der Waals surface area contributed by atoms with E-state index in [4.69, 9.17) is 20.9 Å². The zero-order chi connectivity index (χ0) is 21.7. The monoisotopic (exact) mass is 562 g/mol. The molecule has 0 aliphatic carbocycles. The van der Waals surface area contributed by atoms with E-state index in [-0.39, 0.29) is 30.0 Å². The van der Waals surface area contributed by atoms with E-state index < -0.39 is 11.7 Å². The minimum Gasteiger partial charge on any atom is -0.444 e. The Bertz CT molecular complexity index is 897. The summed E-state index contributed by atoms with van der Waals surface area (Å²) in [7, 11) is 1.71. The van der Waals surface area contributed by atoms with Crippen molar-refractivity contribution >= 4 is 47.6 Å². The van der Waals surface area contributed by atoms with Gasteiger partial charge in [-0.25, -0.2) is 4.79 Å². The first kappa shape index (κ1) is 25.2. The molecule has 1 amide bonds. The molecule has 1 unspecified atom stereocenters. The minimum absolute atomic E-state index is 0. The number of ether oxygens (including phenoxy) is 1. The maximum Gasteiger partial charge on any atom is 0.407 e. The second-order valence-electron chi connectivity index (χ2n) is 8.00. The molecule has 31 heavy (non-hydrogen) atoms. The van der Waals surface area contributed by atoms with Gasteiger partial charge in [-0.05, 0) is 51.5 Å². The number of rotatable bonds is 4. The number of benzene rings is 1. The summed E-state index contributed by atoms with van der Waals surface area (Å²) in [6.45, 7) is 7.27. The number of hydrogen-bond donors (Lipinski definition) is 2. The maximum atomic E-state index is 12.0. The van der Waals surface area contributed by atoms with E-state index in [1.807, 2.05) is 32.9 Å². The molecule has 0 bridgehead atoms. The van der Waals surface area contributed by atoms with Crippen LogP contribution in [0.15, 0.2) is 33.8 Å². The van der Waals surface area contributed by atoms with Gasteiger partial charge in [-0.15, -0.1) is 24.0 Å². The number of nitrogens with one attached hydrogen (secondary N) is 2. The number of nitrogens with zero attached hydrogens (tertiary/aromatic N) is 4. The van der Waals surface area contributed by atoms with Gasteiger partial charge in [0.1, 0.15) is 5.60 Å². The minimum atomic E-state index is -0.519. The summed E-state index contributed by atoms with van der Waals surface area (Å²) in [5.41, 5.74) is 0.309. The van der Waals surface area contributed by atoms with Crippen molar-refractivity contribution in [3.63, 3.8) is 0 Å². The van der Waals surface area contributed by atoms with Gasteiger partial charge >= 0.3 is 6.09 Å². The van der Waals surface area contributed by atoms with Crippen molar-refractivity contribution in [1.82, 2.24) is 25.7 Å². The average Bonchev–Trinajstić information content (AvgIpc) is 3.31. The van der Waals surface area contributed by atoms with E-state index in [0.29, 0.717) is 35.8 Å². The van der Waals surface area contributed by atoms with E-state index in [9.17, 15) is 4.79 Å². The van der Waals surface area contributed by atoms with Crippen LogP contribution in [0.2, 0.25) is 5.02 Å². The van der Waals surface area contributed by atoms with Crippen molar-refractivity contribution in [1.29, 1.82) is 0 Å². The topological polar surface area (TPSA) is 105 Å². The fraction of sp³-hybridized carbons (Fsp3) is 0.500. The third kappa shape index (κ3) is 7.53. The van der Waals surface area contributed by atoms with E-state index in [1.54, 1.807) is 19.2 Å². The molecule has 1 aliphatic heterocycles. The molecule has 1 aliphatic rings. The SMILES string of the molecule is CN=C(NCc1nc(-c2ccc(Cl)cc2)no1)N1CCC(NC(=O)OC(C)(C)C)C1.I. The van der Waals surface area contributed by atoms with Crippen molar-refractivity contribution in [2.24, 2.45) is 4.99 Å². The number of amides is 1. The number of aliphatic imine (C=N–C) groups is 1. The zero-order valence-electron chi connectivity index (χ0n) is 18.0. The lowest BCUT2D eigenvalue weighted by molar-refractivity contribution is 0.0507. The van der Waals surface area contributed by atoms with Crippen molar-refractivity contribution in [3.8, 4) is 11.4 Å². The second-order valence-corrected chi connectivity index (χ2v) is 8.43. The molecule has 1 aromatic heterocycles. The summed E-state index contributed by atoms with van der Waals surface area (Å²) in [6.07, 6.45) is 0.402. The zero-order valence-corrected chi connectivity index (χ0v) is 21.1. The molecule has 2 heterocycles. The van der Waals surface area contributed by atoms with Crippen molar-refractivity contribution < 1.29 is 14.1 Å². The van der Waals surface area contributed by atoms with E-state index in [1.165, 1.54) is 0 Å². The Balaban J connectivity index is 0.00000341. The molecule has 11 heteroatoms. The number of carbonyl (C=O) groups is 1. The van der Waals surface area contributed by atoms with E-state index >= 15 is 0 Å². The Kier molecular flexibility index (Phi) is 8.92. The van der Waals surface area contributed by atoms with E-state index in [0.717, 1.165) is 18.5 Å². The highest BCUT2D eigenvalue weighted by Gasteiger charge is 2.28. The van der Waals surface area contributed by atoms with Gasteiger partial charge in [0.25, 0.3) is 0 Å². The Hall–Kier alpha value is -2.08. The predicted octanol–water partition coefficient (Wildman–Crippen LogP) is 3.68. The molecule has 2 aromatic rings. The molecule has 1 fully saturated rings. The van der Waals surface area contributed by atoms with Crippen LogP contribution in [0.4, 0.5) is 4.79 Å². The number of alkyl carbamates (subject to hydrolysis) is 1. The van der Waals surface area contributed by atoms with Crippen LogP contribution in [0, 0.1) is 0 Å². The quantitative estimate of drug-likeness (QED) is 0.333. The second kappa shape index (κ2) is 11.0. The van der Waals surface area contributed by atoms with Gasteiger partial charge in [-0.1, -0.05) is 16.8 Å². The molecule has 1 aromatic carbocycles. The molecule has 0 spiro atoms. The summed E-state index contributed by atoms with van der Waals surface area (Å²) < 4.78 is 10.6. The van der Waals surface area contributed by atoms with Gasteiger partial charge < -0.3 is 24.8 Å². The maximum absolute atomic E-state index is 12.0. The van der Waals surface area contributed by atoms with Crippen LogP contribution in [-0.4, -0.2) is 58.9 Å². The first-order valence-electron chi connectivity index (χ1n) is 9.77. The fourth-order valence-electron chi connectivity index (χ4n) is 3.07. The molecule has 0 radical (unpaired) electrons. The van der Waals surface area contributed by atoms with Crippen LogP contribution in [0.1, 0.15) is 33.1 Å². The summed E-state index contributed by atoms with van der Waals surface area (Å²) in [6, 6.07) is 7.24. The highest BCUT2D eigenvalue weighted by molar-refractivity contribution is 14.0. The van der Waals surface area contributed by atoms with Gasteiger partial charge in [0.2, 0.25) is 11.7 Å². The molecule has 170 valence electrons. The number of halogens is 2. The smallest absolute Gasteiger partial charge is 0.407 e. The van der Waals surface area contributed by atoms with Gasteiger partial charge in [0, 0.05) is 30.7 Å². The summed E-state index contributed by atoms with van der Waals surface area (Å²) in [5.74, 6) is 1.65. The third-order valence-corrected chi connectivity index (χ3v) is 4.64. The largest absolute Gasteiger partial charge is 0.444 e. The first-order valence-corrected chi connectivity index (χ1v) is 10.1. The van der Waals surface area contributed by atoms with Crippen molar-refractivity contribution in [3.05, 3.63) is 35.2 Å². The molecule has 2 N–H and O–H groups in total. The number of guanidine groups is 1. The highest BCUT2D eigenvalue weighted by Crippen LogP contribution is 2.18. The predicted molar refractivity (Wildman–Crippen MR) is 130 cm³/mol. The average molecular weight is 563 g/mol. The number of hydrogen-bond acceptors (Lipinski definition) is 6. The van der Waals surface area contributed by atoms with Crippen LogP contribution in [0.5, 0.6) is 0 Å². The summed E-state index contributed by atoms with van der Waals surface area (Å²) in [4.78, 5) is 22.8. The van der Waals surface area contributed by atoms with Crippen LogP contribution < -0.4 is 10.6 Å². The van der Waals surface area contributed by atoms with Crippen molar-refractivity contribution in [2.75, 3.05) is 20.1 Å². The standard InChI is InChI=1S/C20H27ClN6O3.HI/c1-20(2,3)29-19(28)24-15-9-10-27(12-15)18(22-4)23-11-16-25-17(26-30-16)13-5-7-14(21)8-6-13;/h5-8,15H,9-12H2,1-4H3,(H,22,23)(H,24,28);1H. The van der Waals surface area contributed by atoms with Crippen LogP contribution in [-0.2, 0) is 11.3 Å². The lowest BCUT2D eigenvalue weighted by Gasteiger charge is -2.23. The normalized spacial score (nSPS) is 16.6. The van der Waals surface area contributed by atoms with Crippen molar-refractivity contribution in [2.45, 2.75) is 45.4 Å². The van der Waals surface area contributed by atoms with Crippen LogP contribution in [0.3, 0.4) is 0 Å². The van der Waals surface area contributed by atoms with Gasteiger partial charge in [0.15, 0.2) is 5.96 Å². The summed E-state index contributed by atoms with van der Waals surface area (Å²) in [5, 5.41) is 10.8.